The average molecular weight is 186 g/mol. The summed E-state index contributed by atoms with van der Waals surface area (Å²) in [6.45, 7) is 0. The van der Waals surface area contributed by atoms with Crippen LogP contribution in [0.3, 0.4) is 0 Å². The zero-order chi connectivity index (χ0) is 8.81. The van der Waals surface area contributed by atoms with Crippen molar-refractivity contribution in [2.45, 2.75) is 5.88 Å². The molecule has 0 radical (unpaired) electrons. The highest BCUT2D eigenvalue weighted by molar-refractivity contribution is 6.17. The summed E-state index contributed by atoms with van der Waals surface area (Å²) < 4.78 is 0. The van der Waals surface area contributed by atoms with Crippen molar-refractivity contribution in [3.63, 3.8) is 0 Å². The average Bonchev–Trinajstić information content (AvgIpc) is 2.15. The largest absolute Gasteiger partial charge is 0.410 e. The number of pyridine rings is 1. The third-order valence-corrected chi connectivity index (χ3v) is 1.56. The number of rotatable bonds is 3. The lowest BCUT2D eigenvalue weighted by Crippen LogP contribution is -1.97. The van der Waals surface area contributed by atoms with Gasteiger partial charge in [-0.15, -0.1) is 11.6 Å². The van der Waals surface area contributed by atoms with E-state index in [4.69, 9.17) is 16.8 Å². The van der Waals surface area contributed by atoms with Crippen molar-refractivity contribution in [3.05, 3.63) is 23.9 Å². The minimum absolute atomic E-state index is 0.438. The van der Waals surface area contributed by atoms with E-state index in [1.165, 1.54) is 0 Å². The molecular formula is C7H8ClN3O. The van der Waals surface area contributed by atoms with Crippen LogP contribution < -0.4 is 5.32 Å². The monoisotopic (exact) mass is 185 g/mol. The normalized spacial score (nSPS) is 10.4. The number of alkyl halides is 1. The van der Waals surface area contributed by atoms with E-state index in [2.05, 4.69) is 15.5 Å². The van der Waals surface area contributed by atoms with E-state index in [9.17, 15) is 0 Å². The molecular weight excluding hydrogens is 178 g/mol. The van der Waals surface area contributed by atoms with Crippen molar-refractivity contribution < 1.29 is 5.21 Å². The third-order valence-electron chi connectivity index (χ3n) is 1.25. The Morgan fingerprint density at radius 3 is 3.25 bits per heavy atom. The lowest BCUT2D eigenvalue weighted by atomic mass is 10.3. The number of oxime groups is 1. The number of anilines is 1. The zero-order valence-corrected chi connectivity index (χ0v) is 6.99. The number of hydrogen-bond donors (Lipinski definition) is 2. The molecule has 0 saturated heterocycles. The topological polar surface area (TPSA) is 57.5 Å². The number of aromatic nitrogens is 1. The first-order chi connectivity index (χ1) is 5.86. The highest BCUT2D eigenvalue weighted by atomic mass is 35.5. The van der Waals surface area contributed by atoms with Gasteiger partial charge in [-0.3, -0.25) is 0 Å². The molecule has 1 heterocycles. The first kappa shape index (κ1) is 8.80. The van der Waals surface area contributed by atoms with Gasteiger partial charge in [0.25, 0.3) is 0 Å². The van der Waals surface area contributed by atoms with Gasteiger partial charge in [0.15, 0.2) is 0 Å². The van der Waals surface area contributed by atoms with Gasteiger partial charge in [-0.1, -0.05) is 5.16 Å². The first-order valence-corrected chi connectivity index (χ1v) is 3.83. The van der Waals surface area contributed by atoms with Gasteiger partial charge in [0.1, 0.15) is 12.2 Å². The summed E-state index contributed by atoms with van der Waals surface area (Å²) >= 11 is 5.59. The minimum atomic E-state index is 0.438. The molecule has 0 bridgehead atoms. The Morgan fingerprint density at radius 2 is 2.58 bits per heavy atom. The lowest BCUT2D eigenvalue weighted by Gasteiger charge is -1.99. The maximum atomic E-state index is 8.11. The highest BCUT2D eigenvalue weighted by Crippen LogP contribution is 2.07. The second-order valence-corrected chi connectivity index (χ2v) is 2.34. The summed E-state index contributed by atoms with van der Waals surface area (Å²) in [7, 11) is 0. The number of halogens is 1. The van der Waals surface area contributed by atoms with Crippen LogP contribution in [-0.4, -0.2) is 16.5 Å². The molecule has 0 amide bonds. The maximum Gasteiger partial charge on any atom is 0.133 e. The molecule has 0 spiro atoms. The molecule has 12 heavy (non-hydrogen) atoms. The van der Waals surface area contributed by atoms with Crippen molar-refractivity contribution in [2.75, 3.05) is 5.32 Å². The molecule has 64 valence electrons. The Kier molecular flexibility index (Phi) is 3.35. The highest BCUT2D eigenvalue weighted by Gasteiger charge is 1.92. The van der Waals surface area contributed by atoms with E-state index in [-0.39, 0.29) is 0 Å². The second-order valence-electron chi connectivity index (χ2n) is 2.07. The van der Waals surface area contributed by atoms with Gasteiger partial charge in [0.05, 0.1) is 0 Å². The van der Waals surface area contributed by atoms with Crippen LogP contribution in [0.5, 0.6) is 0 Å². The summed E-state index contributed by atoms with van der Waals surface area (Å²) in [5, 5.41) is 13.5. The lowest BCUT2D eigenvalue weighted by molar-refractivity contribution is 0.321. The molecule has 0 aliphatic rings. The molecule has 1 rings (SSSR count). The minimum Gasteiger partial charge on any atom is -0.410 e. The zero-order valence-electron chi connectivity index (χ0n) is 6.24. The Balaban J connectivity index is 2.72. The summed E-state index contributed by atoms with van der Waals surface area (Å²) in [5.41, 5.74) is 0.959. The van der Waals surface area contributed by atoms with Crippen LogP contribution in [0.15, 0.2) is 23.5 Å². The molecule has 0 atom stereocenters. The fraction of sp³-hybridized carbons (Fsp3) is 0.143. The molecule has 4 nitrogen and oxygen atoms in total. The fourth-order valence-corrected chi connectivity index (χ4v) is 0.898. The van der Waals surface area contributed by atoms with E-state index in [1.807, 2.05) is 6.07 Å². The maximum absolute atomic E-state index is 8.11. The quantitative estimate of drug-likeness (QED) is 0.248. The van der Waals surface area contributed by atoms with E-state index < -0.39 is 0 Å². The molecule has 0 fully saturated rings. The van der Waals surface area contributed by atoms with E-state index in [0.29, 0.717) is 11.7 Å². The molecule has 0 aromatic carbocycles. The van der Waals surface area contributed by atoms with Crippen LogP contribution in [0.4, 0.5) is 5.82 Å². The SMILES string of the molecule is O/N=C/Nc1cc(CCl)ccn1. The van der Waals surface area contributed by atoms with Crippen LogP contribution in [0.1, 0.15) is 5.56 Å². The predicted octanol–water partition coefficient (Wildman–Crippen LogP) is 1.65. The van der Waals surface area contributed by atoms with Crippen LogP contribution in [-0.2, 0) is 5.88 Å². The Morgan fingerprint density at radius 1 is 1.75 bits per heavy atom. The van der Waals surface area contributed by atoms with Crippen LogP contribution >= 0.6 is 11.6 Å². The molecule has 2 N–H and O–H groups in total. The van der Waals surface area contributed by atoms with Crippen LogP contribution in [0, 0.1) is 0 Å². The summed E-state index contributed by atoms with van der Waals surface area (Å²) in [6.07, 6.45) is 2.77. The van der Waals surface area contributed by atoms with Crippen molar-refractivity contribution in [2.24, 2.45) is 5.16 Å². The molecule has 0 aliphatic carbocycles. The number of hydrogen-bond acceptors (Lipinski definition) is 3. The van der Waals surface area contributed by atoms with Crippen LogP contribution in [0.2, 0.25) is 0 Å². The molecule has 1 aromatic heterocycles. The van der Waals surface area contributed by atoms with Crippen molar-refractivity contribution in [3.8, 4) is 0 Å². The molecule has 0 aliphatic heterocycles. The van der Waals surface area contributed by atoms with Gasteiger partial charge >= 0.3 is 0 Å². The number of nitrogens with one attached hydrogen (secondary N) is 1. The smallest absolute Gasteiger partial charge is 0.133 e. The van der Waals surface area contributed by atoms with Crippen molar-refractivity contribution >= 4 is 23.8 Å². The standard InChI is InChI=1S/C7H8ClN3O/c8-4-6-1-2-9-7(3-6)10-5-11-12/h1-3,5,12H,4H2,(H,9,10,11). The predicted molar refractivity (Wildman–Crippen MR) is 47.7 cm³/mol. The molecule has 0 unspecified atom stereocenters. The molecule has 0 saturated carbocycles. The van der Waals surface area contributed by atoms with Gasteiger partial charge in [-0.05, 0) is 17.7 Å². The Bertz CT molecular complexity index is 277. The first-order valence-electron chi connectivity index (χ1n) is 3.30. The summed E-state index contributed by atoms with van der Waals surface area (Å²) in [6, 6.07) is 3.59. The molecule has 1 aromatic rings. The summed E-state index contributed by atoms with van der Waals surface area (Å²) in [4.78, 5) is 3.95. The Hall–Kier alpha value is -1.29. The van der Waals surface area contributed by atoms with Crippen molar-refractivity contribution in [1.29, 1.82) is 0 Å². The summed E-state index contributed by atoms with van der Waals surface area (Å²) in [5.74, 6) is 1.04. The number of nitrogens with zero attached hydrogens (tertiary/aromatic N) is 2. The van der Waals surface area contributed by atoms with E-state index in [0.717, 1.165) is 11.9 Å². The fourth-order valence-electron chi connectivity index (χ4n) is 0.731. The van der Waals surface area contributed by atoms with Gasteiger partial charge in [-0.2, -0.15) is 0 Å². The van der Waals surface area contributed by atoms with Gasteiger partial charge in [0.2, 0.25) is 0 Å². The van der Waals surface area contributed by atoms with Gasteiger partial charge in [0, 0.05) is 12.1 Å². The third kappa shape index (κ3) is 2.39. The van der Waals surface area contributed by atoms with E-state index in [1.54, 1.807) is 12.3 Å². The second kappa shape index (κ2) is 4.56. The van der Waals surface area contributed by atoms with Crippen LogP contribution in [0.25, 0.3) is 0 Å². The molecule has 5 heteroatoms. The Labute approximate surface area is 74.9 Å². The van der Waals surface area contributed by atoms with Gasteiger partial charge < -0.3 is 10.5 Å². The van der Waals surface area contributed by atoms with E-state index >= 15 is 0 Å². The van der Waals surface area contributed by atoms with Gasteiger partial charge in [-0.25, -0.2) is 4.98 Å². The van der Waals surface area contributed by atoms with Crippen molar-refractivity contribution in [1.82, 2.24) is 4.98 Å².